The molecule has 6 nitrogen and oxygen atoms in total. The van der Waals surface area contributed by atoms with Gasteiger partial charge in [0.1, 0.15) is 0 Å². The number of hydrogen-bond donors (Lipinski definition) is 3. The maximum Gasteiger partial charge on any atom is 0.261 e. The van der Waals surface area contributed by atoms with E-state index < -0.39 is 10.0 Å². The van der Waals surface area contributed by atoms with E-state index >= 15 is 0 Å². The number of anilines is 1. The van der Waals surface area contributed by atoms with Crippen LogP contribution in [0.4, 0.5) is 5.69 Å². The molecule has 1 unspecified atom stereocenters. The third-order valence-electron chi connectivity index (χ3n) is 4.20. The molecule has 0 saturated carbocycles. The molecule has 2 aromatic rings. The molecule has 1 aliphatic rings. The van der Waals surface area contributed by atoms with E-state index in [1.807, 2.05) is 6.07 Å². The third kappa shape index (κ3) is 4.97. The second-order valence-corrected chi connectivity index (χ2v) is 7.67. The van der Waals surface area contributed by atoms with Gasteiger partial charge in [0.15, 0.2) is 0 Å². The van der Waals surface area contributed by atoms with Crippen LogP contribution in [-0.4, -0.2) is 27.4 Å². The Labute approximate surface area is 159 Å². The van der Waals surface area contributed by atoms with Gasteiger partial charge in [-0.2, -0.15) is 0 Å². The third-order valence-corrected chi connectivity index (χ3v) is 5.58. The summed E-state index contributed by atoms with van der Waals surface area (Å²) in [5, 5.41) is 6.05. The summed E-state index contributed by atoms with van der Waals surface area (Å²) in [4.78, 5) is 12.3. The SMILES string of the molecule is Cl.O=C(NCc1ccccc1NS(=O)(=O)c1ccccc1)C1CCNC1. The minimum absolute atomic E-state index is 0. The molecule has 0 aromatic heterocycles. The Hall–Kier alpha value is -2.09. The van der Waals surface area contributed by atoms with E-state index in [4.69, 9.17) is 0 Å². The van der Waals surface area contributed by atoms with Crippen LogP contribution in [0.2, 0.25) is 0 Å². The molecular weight excluding hydrogens is 374 g/mol. The van der Waals surface area contributed by atoms with Gasteiger partial charge in [0.2, 0.25) is 5.91 Å². The molecule has 1 saturated heterocycles. The molecule has 0 aliphatic carbocycles. The highest BCUT2D eigenvalue weighted by molar-refractivity contribution is 7.92. The van der Waals surface area contributed by atoms with Gasteiger partial charge in [0.05, 0.1) is 16.5 Å². The molecule has 0 spiro atoms. The molecule has 1 fully saturated rings. The van der Waals surface area contributed by atoms with Crippen molar-refractivity contribution in [2.75, 3.05) is 17.8 Å². The van der Waals surface area contributed by atoms with Gasteiger partial charge in [-0.05, 0) is 36.7 Å². The number of benzene rings is 2. The van der Waals surface area contributed by atoms with Crippen molar-refractivity contribution in [2.45, 2.75) is 17.9 Å². The molecule has 3 rings (SSSR count). The van der Waals surface area contributed by atoms with E-state index in [9.17, 15) is 13.2 Å². The zero-order valence-corrected chi connectivity index (χ0v) is 15.8. The number of nitrogens with one attached hydrogen (secondary N) is 3. The van der Waals surface area contributed by atoms with Crippen LogP contribution < -0.4 is 15.4 Å². The van der Waals surface area contributed by atoms with Crippen LogP contribution in [0.1, 0.15) is 12.0 Å². The Morgan fingerprint density at radius 3 is 2.46 bits per heavy atom. The first-order valence-corrected chi connectivity index (χ1v) is 9.69. The van der Waals surface area contributed by atoms with Crippen LogP contribution in [-0.2, 0) is 21.4 Å². The predicted molar refractivity (Wildman–Crippen MR) is 104 cm³/mol. The highest BCUT2D eigenvalue weighted by atomic mass is 35.5. The molecule has 0 bridgehead atoms. The Bertz CT molecular complexity index is 838. The minimum Gasteiger partial charge on any atom is -0.352 e. The van der Waals surface area contributed by atoms with E-state index in [0.717, 1.165) is 18.5 Å². The summed E-state index contributed by atoms with van der Waals surface area (Å²) in [7, 11) is -3.66. The number of halogens is 1. The average Bonchev–Trinajstić information content (AvgIpc) is 3.16. The van der Waals surface area contributed by atoms with Gasteiger partial charge in [-0.15, -0.1) is 12.4 Å². The summed E-state index contributed by atoms with van der Waals surface area (Å²) in [5.41, 5.74) is 1.19. The number of hydrogen-bond acceptors (Lipinski definition) is 4. The lowest BCUT2D eigenvalue weighted by molar-refractivity contribution is -0.124. The predicted octanol–water partition coefficient (Wildman–Crippen LogP) is 2.13. The van der Waals surface area contributed by atoms with Crippen molar-refractivity contribution in [3.8, 4) is 0 Å². The van der Waals surface area contributed by atoms with Crippen LogP contribution in [0.25, 0.3) is 0 Å². The number of carbonyl (C=O) groups is 1. The highest BCUT2D eigenvalue weighted by Gasteiger charge is 2.22. The number of sulfonamides is 1. The molecule has 1 heterocycles. The Morgan fingerprint density at radius 1 is 1.08 bits per heavy atom. The lowest BCUT2D eigenvalue weighted by atomic mass is 10.1. The van der Waals surface area contributed by atoms with Gasteiger partial charge < -0.3 is 10.6 Å². The van der Waals surface area contributed by atoms with Crippen molar-refractivity contribution >= 4 is 34.0 Å². The number of rotatable bonds is 6. The smallest absolute Gasteiger partial charge is 0.261 e. The fraction of sp³-hybridized carbons (Fsp3) is 0.278. The van der Waals surface area contributed by atoms with E-state index in [2.05, 4.69) is 15.4 Å². The molecule has 2 aromatic carbocycles. The maximum atomic E-state index is 12.5. The second kappa shape index (κ2) is 9.02. The van der Waals surface area contributed by atoms with Crippen LogP contribution in [0, 0.1) is 5.92 Å². The number of amides is 1. The van der Waals surface area contributed by atoms with Crippen molar-refractivity contribution in [3.63, 3.8) is 0 Å². The molecule has 3 N–H and O–H groups in total. The zero-order valence-electron chi connectivity index (χ0n) is 14.1. The van der Waals surface area contributed by atoms with Crippen LogP contribution in [0.5, 0.6) is 0 Å². The Morgan fingerprint density at radius 2 is 1.77 bits per heavy atom. The van der Waals surface area contributed by atoms with E-state index in [-0.39, 0.29) is 35.7 Å². The normalized spacial score (nSPS) is 16.5. The molecule has 0 radical (unpaired) electrons. The van der Waals surface area contributed by atoms with Crippen molar-refractivity contribution in [1.29, 1.82) is 0 Å². The Kier molecular flexibility index (Phi) is 7.02. The summed E-state index contributed by atoms with van der Waals surface area (Å²) in [6, 6.07) is 15.3. The number of para-hydroxylation sites is 1. The van der Waals surface area contributed by atoms with Crippen molar-refractivity contribution in [2.24, 2.45) is 5.92 Å². The van der Waals surface area contributed by atoms with E-state index in [1.54, 1.807) is 48.5 Å². The topological polar surface area (TPSA) is 87.3 Å². The fourth-order valence-corrected chi connectivity index (χ4v) is 3.90. The summed E-state index contributed by atoms with van der Waals surface area (Å²) in [6.45, 7) is 1.82. The van der Waals surface area contributed by atoms with Crippen molar-refractivity contribution in [3.05, 3.63) is 60.2 Å². The quantitative estimate of drug-likeness (QED) is 0.699. The van der Waals surface area contributed by atoms with Crippen LogP contribution >= 0.6 is 12.4 Å². The zero-order chi connectivity index (χ0) is 17.7. The molecule has 1 amide bonds. The van der Waals surface area contributed by atoms with Gasteiger partial charge in [0, 0.05) is 13.1 Å². The summed E-state index contributed by atoms with van der Waals surface area (Å²) >= 11 is 0. The fourth-order valence-electron chi connectivity index (χ4n) is 2.78. The molecule has 1 atom stereocenters. The molecule has 8 heteroatoms. The lowest BCUT2D eigenvalue weighted by Crippen LogP contribution is -2.31. The van der Waals surface area contributed by atoms with E-state index in [1.165, 1.54) is 0 Å². The first-order chi connectivity index (χ1) is 12.1. The van der Waals surface area contributed by atoms with Gasteiger partial charge >= 0.3 is 0 Å². The summed E-state index contributed by atoms with van der Waals surface area (Å²) < 4.78 is 27.6. The number of carbonyl (C=O) groups excluding carboxylic acids is 1. The van der Waals surface area contributed by atoms with Crippen molar-refractivity contribution < 1.29 is 13.2 Å². The lowest BCUT2D eigenvalue weighted by Gasteiger charge is -2.14. The average molecular weight is 396 g/mol. The molecule has 26 heavy (non-hydrogen) atoms. The monoisotopic (exact) mass is 395 g/mol. The summed E-state index contributed by atoms with van der Waals surface area (Å²) in [6.07, 6.45) is 0.827. The largest absolute Gasteiger partial charge is 0.352 e. The van der Waals surface area contributed by atoms with Crippen LogP contribution in [0.15, 0.2) is 59.5 Å². The highest BCUT2D eigenvalue weighted by Crippen LogP contribution is 2.20. The summed E-state index contributed by atoms with van der Waals surface area (Å²) in [5.74, 6) is -0.0288. The first kappa shape index (κ1) is 20.2. The first-order valence-electron chi connectivity index (χ1n) is 8.20. The standard InChI is InChI=1S/C18H21N3O3S.ClH/c22-18(15-10-11-19-12-15)20-13-14-6-4-5-9-17(14)21-25(23,24)16-7-2-1-3-8-16;/h1-9,15,19,21H,10-13H2,(H,20,22);1H. The van der Waals surface area contributed by atoms with E-state index in [0.29, 0.717) is 12.2 Å². The van der Waals surface area contributed by atoms with Crippen molar-refractivity contribution in [1.82, 2.24) is 10.6 Å². The maximum absolute atomic E-state index is 12.5. The van der Waals surface area contributed by atoms with Gasteiger partial charge in [-0.3, -0.25) is 9.52 Å². The molecular formula is C18H22ClN3O3S. The molecule has 140 valence electrons. The Balaban J connectivity index is 0.00000243. The van der Waals surface area contributed by atoms with Gasteiger partial charge in [0.25, 0.3) is 10.0 Å². The van der Waals surface area contributed by atoms with Gasteiger partial charge in [-0.1, -0.05) is 36.4 Å². The minimum atomic E-state index is -3.66. The van der Waals surface area contributed by atoms with Gasteiger partial charge in [-0.25, -0.2) is 8.42 Å². The molecule has 1 aliphatic heterocycles. The van der Waals surface area contributed by atoms with Crippen LogP contribution in [0.3, 0.4) is 0 Å². The second-order valence-electron chi connectivity index (χ2n) is 5.98.